The van der Waals surface area contributed by atoms with Crippen molar-refractivity contribution in [1.82, 2.24) is 0 Å². The van der Waals surface area contributed by atoms with Gasteiger partial charge in [-0.25, -0.2) is 0 Å². The first kappa shape index (κ1) is 9.78. The fourth-order valence-corrected chi connectivity index (χ4v) is 2.83. The first-order chi connectivity index (χ1) is 5.22. The average molecular weight is 267 g/mol. The number of hydrogen-bond acceptors (Lipinski definition) is 1. The lowest BCUT2D eigenvalue weighted by Gasteiger charge is -2.23. The van der Waals surface area contributed by atoms with Crippen LogP contribution in [0.15, 0.2) is 0 Å². The van der Waals surface area contributed by atoms with Crippen molar-refractivity contribution in [1.29, 1.82) is 0 Å². The number of alkyl halides is 1. The summed E-state index contributed by atoms with van der Waals surface area (Å²) in [4.78, 5) is 0. The maximum absolute atomic E-state index is 6.08. The second-order valence-corrected chi connectivity index (χ2v) is 5.61. The molecule has 2 N–H and O–H groups in total. The van der Waals surface area contributed by atoms with Crippen LogP contribution in [0.5, 0.6) is 0 Å². The van der Waals surface area contributed by atoms with Gasteiger partial charge in [-0.3, -0.25) is 0 Å². The third kappa shape index (κ3) is 2.90. The second-order valence-electron chi connectivity index (χ2n) is 3.64. The minimum Gasteiger partial charge on any atom is -0.327 e. The zero-order valence-corrected chi connectivity index (χ0v) is 9.38. The summed E-state index contributed by atoms with van der Waals surface area (Å²) in [6.45, 7) is 2.29. The Balaban J connectivity index is 2.45. The van der Waals surface area contributed by atoms with E-state index in [0.717, 1.165) is 9.84 Å². The molecule has 0 aromatic rings. The van der Waals surface area contributed by atoms with Gasteiger partial charge in [-0.2, -0.15) is 0 Å². The largest absolute Gasteiger partial charge is 0.327 e. The molecule has 0 aliphatic heterocycles. The molecule has 1 fully saturated rings. The summed E-state index contributed by atoms with van der Waals surface area (Å²) in [6.07, 6.45) is 6.74. The molecule has 0 aromatic heterocycles. The minimum atomic E-state index is 0.476. The SMILES string of the molecule is CC(I)[C@H]1CCCCC[C@@H]1N. The maximum atomic E-state index is 6.08. The topological polar surface area (TPSA) is 26.0 Å². The Labute approximate surface area is 83.3 Å². The highest BCUT2D eigenvalue weighted by Gasteiger charge is 2.23. The third-order valence-corrected chi connectivity index (χ3v) is 3.64. The van der Waals surface area contributed by atoms with Gasteiger partial charge in [0.2, 0.25) is 0 Å². The summed E-state index contributed by atoms with van der Waals surface area (Å²) in [6, 6.07) is 0.476. The van der Waals surface area contributed by atoms with E-state index in [9.17, 15) is 0 Å². The Bertz CT molecular complexity index is 114. The molecule has 66 valence electrons. The van der Waals surface area contributed by atoms with Gasteiger partial charge in [0.25, 0.3) is 0 Å². The molecule has 1 rings (SSSR count). The average Bonchev–Trinajstić information content (AvgIpc) is 2.13. The highest BCUT2D eigenvalue weighted by Crippen LogP contribution is 2.28. The lowest BCUT2D eigenvalue weighted by Crippen LogP contribution is -2.33. The fraction of sp³-hybridized carbons (Fsp3) is 1.00. The second kappa shape index (κ2) is 4.65. The van der Waals surface area contributed by atoms with Gasteiger partial charge in [-0.15, -0.1) is 0 Å². The lowest BCUT2D eigenvalue weighted by molar-refractivity contribution is 0.403. The maximum Gasteiger partial charge on any atom is 0.0124 e. The van der Waals surface area contributed by atoms with Crippen LogP contribution in [0.25, 0.3) is 0 Å². The molecule has 0 bridgehead atoms. The van der Waals surface area contributed by atoms with Crippen LogP contribution in [0.1, 0.15) is 39.0 Å². The Hall–Kier alpha value is 0.690. The van der Waals surface area contributed by atoms with Crippen molar-refractivity contribution in [3.63, 3.8) is 0 Å². The summed E-state index contributed by atoms with van der Waals surface area (Å²) in [5, 5.41) is 0. The van der Waals surface area contributed by atoms with Crippen LogP contribution in [0.3, 0.4) is 0 Å². The Kier molecular flexibility index (Phi) is 4.13. The summed E-state index contributed by atoms with van der Waals surface area (Å²) < 4.78 is 0.751. The van der Waals surface area contributed by atoms with Crippen molar-refractivity contribution in [3.8, 4) is 0 Å². The molecule has 0 radical (unpaired) electrons. The highest BCUT2D eigenvalue weighted by atomic mass is 127. The Morgan fingerprint density at radius 2 is 1.91 bits per heavy atom. The van der Waals surface area contributed by atoms with Gasteiger partial charge >= 0.3 is 0 Å². The van der Waals surface area contributed by atoms with E-state index >= 15 is 0 Å². The van der Waals surface area contributed by atoms with E-state index in [1.54, 1.807) is 0 Å². The molecule has 0 spiro atoms. The van der Waals surface area contributed by atoms with E-state index in [1.807, 2.05) is 0 Å². The van der Waals surface area contributed by atoms with Gasteiger partial charge in [-0.1, -0.05) is 48.8 Å². The van der Waals surface area contributed by atoms with Crippen LogP contribution >= 0.6 is 22.6 Å². The van der Waals surface area contributed by atoms with Crippen molar-refractivity contribution < 1.29 is 0 Å². The van der Waals surface area contributed by atoms with Crippen LogP contribution in [0.4, 0.5) is 0 Å². The molecule has 1 unspecified atom stereocenters. The first-order valence-corrected chi connectivity index (χ1v) is 5.86. The molecule has 0 aromatic carbocycles. The quantitative estimate of drug-likeness (QED) is 0.441. The molecule has 2 heteroatoms. The monoisotopic (exact) mass is 267 g/mol. The van der Waals surface area contributed by atoms with Crippen molar-refractivity contribution >= 4 is 22.6 Å². The van der Waals surface area contributed by atoms with Gasteiger partial charge in [0, 0.05) is 9.97 Å². The van der Waals surface area contributed by atoms with Gasteiger partial charge in [-0.05, 0) is 18.8 Å². The smallest absolute Gasteiger partial charge is 0.0124 e. The van der Waals surface area contributed by atoms with Crippen molar-refractivity contribution in [2.75, 3.05) is 0 Å². The normalized spacial score (nSPS) is 36.3. The van der Waals surface area contributed by atoms with Crippen molar-refractivity contribution in [3.05, 3.63) is 0 Å². The van der Waals surface area contributed by atoms with Gasteiger partial charge in [0.05, 0.1) is 0 Å². The van der Waals surface area contributed by atoms with E-state index in [0.29, 0.717) is 6.04 Å². The number of halogens is 1. The van der Waals surface area contributed by atoms with E-state index in [4.69, 9.17) is 5.73 Å². The van der Waals surface area contributed by atoms with Crippen molar-refractivity contribution in [2.24, 2.45) is 11.7 Å². The summed E-state index contributed by atoms with van der Waals surface area (Å²) >= 11 is 2.51. The number of rotatable bonds is 1. The molecular weight excluding hydrogens is 249 g/mol. The number of hydrogen-bond donors (Lipinski definition) is 1. The van der Waals surface area contributed by atoms with Crippen LogP contribution in [-0.4, -0.2) is 9.97 Å². The summed E-state index contributed by atoms with van der Waals surface area (Å²) in [5.41, 5.74) is 6.08. The molecule has 1 aliphatic rings. The van der Waals surface area contributed by atoms with Crippen LogP contribution < -0.4 is 5.73 Å². The molecular formula is C9H18IN. The molecule has 1 saturated carbocycles. The van der Waals surface area contributed by atoms with Crippen LogP contribution in [0, 0.1) is 5.92 Å². The standard InChI is InChI=1S/C9H18IN/c1-7(10)8-5-3-2-4-6-9(8)11/h7-9H,2-6,11H2,1H3/t7?,8-,9+/m1/s1. The fourth-order valence-electron chi connectivity index (χ4n) is 1.94. The molecule has 0 heterocycles. The molecule has 3 atom stereocenters. The van der Waals surface area contributed by atoms with E-state index in [-0.39, 0.29) is 0 Å². The summed E-state index contributed by atoms with van der Waals surface area (Å²) in [7, 11) is 0. The Morgan fingerprint density at radius 1 is 1.27 bits per heavy atom. The molecule has 11 heavy (non-hydrogen) atoms. The Morgan fingerprint density at radius 3 is 2.55 bits per heavy atom. The van der Waals surface area contributed by atoms with Gasteiger partial charge in [0.15, 0.2) is 0 Å². The van der Waals surface area contributed by atoms with E-state index in [1.165, 1.54) is 32.1 Å². The van der Waals surface area contributed by atoms with Crippen LogP contribution in [-0.2, 0) is 0 Å². The van der Waals surface area contributed by atoms with Gasteiger partial charge < -0.3 is 5.73 Å². The highest BCUT2D eigenvalue weighted by molar-refractivity contribution is 14.1. The minimum absolute atomic E-state index is 0.476. The van der Waals surface area contributed by atoms with Crippen LogP contribution in [0.2, 0.25) is 0 Å². The predicted octanol–water partition coefficient (Wildman–Crippen LogP) is 2.72. The van der Waals surface area contributed by atoms with E-state index < -0.39 is 0 Å². The third-order valence-electron chi connectivity index (χ3n) is 2.71. The molecule has 0 amide bonds. The molecule has 0 saturated heterocycles. The molecule has 1 aliphatic carbocycles. The van der Waals surface area contributed by atoms with Gasteiger partial charge in [0.1, 0.15) is 0 Å². The zero-order valence-electron chi connectivity index (χ0n) is 7.22. The summed E-state index contributed by atoms with van der Waals surface area (Å²) in [5.74, 6) is 0.776. The van der Waals surface area contributed by atoms with Crippen molar-refractivity contribution in [2.45, 2.75) is 49.0 Å². The van der Waals surface area contributed by atoms with E-state index in [2.05, 4.69) is 29.5 Å². The lowest BCUT2D eigenvalue weighted by atomic mass is 9.93. The molecule has 1 nitrogen and oxygen atoms in total. The first-order valence-electron chi connectivity index (χ1n) is 4.61. The predicted molar refractivity (Wildman–Crippen MR) is 58.0 cm³/mol. The number of nitrogens with two attached hydrogens (primary N) is 1. The zero-order chi connectivity index (χ0) is 8.27.